The predicted octanol–water partition coefficient (Wildman–Crippen LogP) is 2.77. The molecule has 1 heterocycles. The molecule has 0 atom stereocenters. The number of rotatable bonds is 3. The van der Waals surface area contributed by atoms with Crippen LogP contribution in [0.2, 0.25) is 5.02 Å². The Hall–Kier alpha value is -1.85. The Labute approximate surface area is 114 Å². The van der Waals surface area contributed by atoms with Gasteiger partial charge in [-0.15, -0.1) is 0 Å². The number of thiocarbonyl (C=S) groups is 1. The van der Waals surface area contributed by atoms with Crippen molar-refractivity contribution in [1.82, 2.24) is 5.43 Å². The summed E-state index contributed by atoms with van der Waals surface area (Å²) in [6.45, 7) is 0. The van der Waals surface area contributed by atoms with E-state index in [-0.39, 0.29) is 5.11 Å². The molecular weight excluding hydrogens is 270 g/mol. The standard InChI is InChI=1S/C12H10ClN3OS/c13-9-3-1-2-8(6-9)11-5-4-10(17-11)7-15-16-12(14)18/h1-7H,(H3,14,16,18). The average molecular weight is 280 g/mol. The first-order chi connectivity index (χ1) is 8.65. The summed E-state index contributed by atoms with van der Waals surface area (Å²) in [7, 11) is 0. The Morgan fingerprint density at radius 1 is 1.39 bits per heavy atom. The van der Waals surface area contributed by atoms with E-state index in [2.05, 4.69) is 22.7 Å². The van der Waals surface area contributed by atoms with Gasteiger partial charge in [0, 0.05) is 10.6 Å². The highest BCUT2D eigenvalue weighted by Gasteiger charge is 2.03. The Kier molecular flexibility index (Phi) is 3.96. The first-order valence-corrected chi connectivity index (χ1v) is 5.88. The summed E-state index contributed by atoms with van der Waals surface area (Å²) < 4.78 is 5.57. The number of nitrogens with one attached hydrogen (secondary N) is 1. The zero-order valence-electron chi connectivity index (χ0n) is 9.26. The van der Waals surface area contributed by atoms with Crippen LogP contribution in [0.15, 0.2) is 45.9 Å². The van der Waals surface area contributed by atoms with Crippen LogP contribution in [0.1, 0.15) is 5.76 Å². The molecule has 0 aliphatic carbocycles. The summed E-state index contributed by atoms with van der Waals surface area (Å²) in [6, 6.07) is 11.0. The van der Waals surface area contributed by atoms with E-state index in [1.807, 2.05) is 30.3 Å². The van der Waals surface area contributed by atoms with Crippen LogP contribution in [-0.2, 0) is 0 Å². The Balaban J connectivity index is 2.15. The fourth-order valence-electron chi connectivity index (χ4n) is 1.38. The molecule has 6 heteroatoms. The zero-order chi connectivity index (χ0) is 13.0. The molecule has 0 unspecified atom stereocenters. The number of furan rings is 1. The van der Waals surface area contributed by atoms with E-state index < -0.39 is 0 Å². The molecular formula is C12H10ClN3OS. The molecule has 0 saturated heterocycles. The van der Waals surface area contributed by atoms with Crippen LogP contribution in [0.3, 0.4) is 0 Å². The topological polar surface area (TPSA) is 63.5 Å². The van der Waals surface area contributed by atoms with Crippen molar-refractivity contribution in [3.63, 3.8) is 0 Å². The lowest BCUT2D eigenvalue weighted by atomic mass is 10.2. The van der Waals surface area contributed by atoms with Gasteiger partial charge in [0.05, 0.1) is 6.21 Å². The van der Waals surface area contributed by atoms with Gasteiger partial charge in [0.15, 0.2) is 5.11 Å². The van der Waals surface area contributed by atoms with E-state index >= 15 is 0 Å². The highest BCUT2D eigenvalue weighted by Crippen LogP contribution is 2.24. The number of halogens is 1. The molecule has 18 heavy (non-hydrogen) atoms. The first kappa shape index (κ1) is 12.6. The van der Waals surface area contributed by atoms with Gasteiger partial charge in [0.1, 0.15) is 11.5 Å². The van der Waals surface area contributed by atoms with Crippen LogP contribution in [-0.4, -0.2) is 11.3 Å². The smallest absolute Gasteiger partial charge is 0.184 e. The van der Waals surface area contributed by atoms with Gasteiger partial charge in [0.25, 0.3) is 0 Å². The largest absolute Gasteiger partial charge is 0.455 e. The van der Waals surface area contributed by atoms with Gasteiger partial charge in [-0.1, -0.05) is 23.7 Å². The number of nitrogens with zero attached hydrogens (tertiary/aromatic N) is 1. The summed E-state index contributed by atoms with van der Waals surface area (Å²) in [6.07, 6.45) is 1.49. The molecule has 1 aromatic heterocycles. The highest BCUT2D eigenvalue weighted by molar-refractivity contribution is 7.80. The maximum absolute atomic E-state index is 5.91. The zero-order valence-corrected chi connectivity index (χ0v) is 10.8. The van der Waals surface area contributed by atoms with E-state index in [1.165, 1.54) is 6.21 Å². The van der Waals surface area contributed by atoms with E-state index in [9.17, 15) is 0 Å². The lowest BCUT2D eigenvalue weighted by Gasteiger charge is -1.97. The van der Waals surface area contributed by atoms with Gasteiger partial charge in [-0.05, 0) is 36.5 Å². The SMILES string of the molecule is NC(=S)NN=Cc1ccc(-c2cccc(Cl)c2)o1. The Morgan fingerprint density at radius 3 is 2.94 bits per heavy atom. The second-order valence-corrected chi connectivity index (χ2v) is 4.32. The molecule has 0 spiro atoms. The Bertz CT molecular complexity index is 595. The quantitative estimate of drug-likeness (QED) is 0.515. The lowest BCUT2D eigenvalue weighted by Crippen LogP contribution is -2.23. The molecule has 0 radical (unpaired) electrons. The molecule has 2 rings (SSSR count). The summed E-state index contributed by atoms with van der Waals surface area (Å²) >= 11 is 10.5. The van der Waals surface area contributed by atoms with E-state index in [0.29, 0.717) is 16.5 Å². The van der Waals surface area contributed by atoms with Crippen LogP contribution in [0.5, 0.6) is 0 Å². The number of hydrazone groups is 1. The molecule has 0 saturated carbocycles. The molecule has 0 fully saturated rings. The van der Waals surface area contributed by atoms with Crippen molar-refractivity contribution in [2.45, 2.75) is 0 Å². The van der Waals surface area contributed by atoms with Gasteiger partial charge in [-0.2, -0.15) is 5.10 Å². The van der Waals surface area contributed by atoms with Crippen LogP contribution in [0, 0.1) is 0 Å². The molecule has 0 bridgehead atoms. The van der Waals surface area contributed by atoms with Crippen LogP contribution in [0.25, 0.3) is 11.3 Å². The second-order valence-electron chi connectivity index (χ2n) is 3.45. The normalized spacial score (nSPS) is 10.7. The monoisotopic (exact) mass is 279 g/mol. The second kappa shape index (κ2) is 5.66. The van der Waals surface area contributed by atoms with Gasteiger partial charge in [-0.3, -0.25) is 5.43 Å². The van der Waals surface area contributed by atoms with E-state index in [1.54, 1.807) is 6.07 Å². The molecule has 3 N–H and O–H groups in total. The van der Waals surface area contributed by atoms with Crippen LogP contribution >= 0.6 is 23.8 Å². The minimum atomic E-state index is 0.105. The molecule has 1 aromatic carbocycles. The van der Waals surface area contributed by atoms with Gasteiger partial charge in [0.2, 0.25) is 0 Å². The maximum atomic E-state index is 5.91. The van der Waals surface area contributed by atoms with Crippen molar-refractivity contribution in [1.29, 1.82) is 0 Å². The molecule has 0 aliphatic rings. The average Bonchev–Trinajstić information content (AvgIpc) is 2.77. The van der Waals surface area contributed by atoms with Crippen molar-refractivity contribution < 1.29 is 4.42 Å². The van der Waals surface area contributed by atoms with Crippen LogP contribution < -0.4 is 11.2 Å². The summed E-state index contributed by atoms with van der Waals surface area (Å²) in [4.78, 5) is 0. The number of hydrogen-bond acceptors (Lipinski definition) is 3. The summed E-state index contributed by atoms with van der Waals surface area (Å²) in [5.74, 6) is 1.31. The van der Waals surface area contributed by atoms with Crippen molar-refractivity contribution in [2.75, 3.05) is 0 Å². The molecule has 4 nitrogen and oxygen atoms in total. The van der Waals surface area contributed by atoms with Gasteiger partial charge in [-0.25, -0.2) is 0 Å². The fourth-order valence-corrected chi connectivity index (χ4v) is 1.62. The molecule has 0 amide bonds. The van der Waals surface area contributed by atoms with Crippen molar-refractivity contribution in [3.8, 4) is 11.3 Å². The predicted molar refractivity (Wildman–Crippen MR) is 76.7 cm³/mol. The summed E-state index contributed by atoms with van der Waals surface area (Å²) in [5.41, 5.74) is 8.59. The third-order valence-corrected chi connectivity index (χ3v) is 2.43. The molecule has 92 valence electrons. The van der Waals surface area contributed by atoms with Crippen molar-refractivity contribution in [2.24, 2.45) is 10.8 Å². The van der Waals surface area contributed by atoms with Gasteiger partial charge < -0.3 is 10.2 Å². The highest BCUT2D eigenvalue weighted by atomic mass is 35.5. The molecule has 2 aromatic rings. The van der Waals surface area contributed by atoms with Crippen LogP contribution in [0.4, 0.5) is 0 Å². The summed E-state index contributed by atoms with van der Waals surface area (Å²) in [5, 5.41) is 4.57. The first-order valence-electron chi connectivity index (χ1n) is 5.09. The van der Waals surface area contributed by atoms with Crippen molar-refractivity contribution >= 4 is 35.1 Å². The Morgan fingerprint density at radius 2 is 2.22 bits per heavy atom. The lowest BCUT2D eigenvalue weighted by molar-refractivity contribution is 0.574. The van der Waals surface area contributed by atoms with E-state index in [0.717, 1.165) is 5.56 Å². The third-order valence-electron chi connectivity index (χ3n) is 2.10. The maximum Gasteiger partial charge on any atom is 0.184 e. The minimum Gasteiger partial charge on any atom is -0.455 e. The third kappa shape index (κ3) is 3.32. The number of benzene rings is 1. The van der Waals surface area contributed by atoms with E-state index in [4.69, 9.17) is 21.8 Å². The van der Waals surface area contributed by atoms with Crippen molar-refractivity contribution in [3.05, 3.63) is 47.2 Å². The molecule has 0 aliphatic heterocycles. The fraction of sp³-hybridized carbons (Fsp3) is 0. The number of nitrogens with two attached hydrogens (primary N) is 1. The van der Waals surface area contributed by atoms with Gasteiger partial charge >= 0.3 is 0 Å². The minimum absolute atomic E-state index is 0.105. The number of hydrogen-bond donors (Lipinski definition) is 2.